The van der Waals surface area contributed by atoms with Crippen LogP contribution in [0.3, 0.4) is 0 Å². The van der Waals surface area contributed by atoms with Crippen LogP contribution in [0.5, 0.6) is 5.75 Å². The van der Waals surface area contributed by atoms with Gasteiger partial charge in [0.15, 0.2) is 5.69 Å². The lowest BCUT2D eigenvalue weighted by Gasteiger charge is -2.45. The standard InChI is InChI=1S/C23H31N5O3/c1-30-19-6-7-20-16(14-19)8-13-31-23(20)9-11-27(12-10-23)22(29)21-15-28(26-25-21)18-4-2-17(24)3-5-18/h6-7,14-15,17-18H,2-5,8-13,24H2,1H3. The molecule has 2 fully saturated rings. The Morgan fingerprint density at radius 1 is 1.23 bits per heavy atom. The predicted molar refractivity (Wildman–Crippen MR) is 115 cm³/mol. The second-order valence-corrected chi connectivity index (χ2v) is 9.06. The normalized spacial score (nSPS) is 25.3. The van der Waals surface area contributed by atoms with E-state index in [0.717, 1.165) is 50.7 Å². The third kappa shape index (κ3) is 3.83. The number of hydrogen-bond donors (Lipinski definition) is 1. The lowest BCUT2D eigenvalue weighted by molar-refractivity contribution is -0.0935. The second-order valence-electron chi connectivity index (χ2n) is 9.06. The van der Waals surface area contributed by atoms with Crippen molar-refractivity contribution in [2.45, 2.75) is 62.6 Å². The Bertz CT molecular complexity index is 942. The van der Waals surface area contributed by atoms with Crippen molar-refractivity contribution in [1.29, 1.82) is 0 Å². The second kappa shape index (κ2) is 8.24. The SMILES string of the molecule is COc1ccc2c(c1)CCOC21CCN(C(=O)c2cn(C3CCC(N)CC3)nn2)CC1. The minimum Gasteiger partial charge on any atom is -0.497 e. The molecular formula is C23H31N5O3. The van der Waals surface area contributed by atoms with Crippen LogP contribution >= 0.6 is 0 Å². The van der Waals surface area contributed by atoms with Crippen LogP contribution in [0.4, 0.5) is 0 Å². The number of piperidine rings is 1. The number of nitrogens with zero attached hydrogens (tertiary/aromatic N) is 4. The Hall–Kier alpha value is -2.45. The minimum atomic E-state index is -0.310. The zero-order chi connectivity index (χ0) is 21.4. The molecule has 3 aliphatic rings. The van der Waals surface area contributed by atoms with Crippen LogP contribution in [-0.4, -0.2) is 58.6 Å². The Morgan fingerprint density at radius 2 is 2.00 bits per heavy atom. The van der Waals surface area contributed by atoms with Gasteiger partial charge in [-0.25, -0.2) is 4.68 Å². The first kappa shape index (κ1) is 20.5. The number of methoxy groups -OCH3 is 1. The van der Waals surface area contributed by atoms with Crippen LogP contribution in [0, 0.1) is 0 Å². The van der Waals surface area contributed by atoms with Gasteiger partial charge in [-0.15, -0.1) is 5.10 Å². The fraction of sp³-hybridized carbons (Fsp3) is 0.609. The number of nitrogens with two attached hydrogens (primary N) is 1. The number of amides is 1. The average Bonchev–Trinajstić information content (AvgIpc) is 3.30. The minimum absolute atomic E-state index is 0.0422. The van der Waals surface area contributed by atoms with Gasteiger partial charge in [-0.1, -0.05) is 11.3 Å². The van der Waals surface area contributed by atoms with Gasteiger partial charge >= 0.3 is 0 Å². The third-order valence-electron chi connectivity index (χ3n) is 7.26. The van der Waals surface area contributed by atoms with Crippen molar-refractivity contribution in [3.05, 3.63) is 41.2 Å². The van der Waals surface area contributed by atoms with E-state index in [0.29, 0.717) is 31.4 Å². The molecule has 0 bridgehead atoms. The molecule has 8 nitrogen and oxygen atoms in total. The highest BCUT2D eigenvalue weighted by molar-refractivity contribution is 5.92. The van der Waals surface area contributed by atoms with Crippen molar-refractivity contribution >= 4 is 5.91 Å². The van der Waals surface area contributed by atoms with Gasteiger partial charge in [0, 0.05) is 19.1 Å². The molecule has 2 aromatic rings. The quantitative estimate of drug-likeness (QED) is 0.812. The van der Waals surface area contributed by atoms with Crippen molar-refractivity contribution in [2.24, 2.45) is 5.73 Å². The summed E-state index contributed by atoms with van der Waals surface area (Å²) < 4.78 is 13.6. The monoisotopic (exact) mass is 425 g/mol. The van der Waals surface area contributed by atoms with Crippen LogP contribution in [0.15, 0.2) is 24.4 Å². The van der Waals surface area contributed by atoms with E-state index in [4.69, 9.17) is 15.2 Å². The molecule has 1 saturated carbocycles. The summed E-state index contributed by atoms with van der Waals surface area (Å²) in [5, 5.41) is 8.44. The van der Waals surface area contributed by atoms with Gasteiger partial charge in [0.1, 0.15) is 5.75 Å². The van der Waals surface area contributed by atoms with Crippen LogP contribution in [0.25, 0.3) is 0 Å². The van der Waals surface area contributed by atoms with Crippen LogP contribution in [0.1, 0.15) is 66.2 Å². The summed E-state index contributed by atoms with van der Waals surface area (Å²) in [5.41, 5.74) is 8.66. The molecule has 1 aliphatic carbocycles. The van der Waals surface area contributed by atoms with E-state index in [1.54, 1.807) is 7.11 Å². The molecule has 1 amide bonds. The van der Waals surface area contributed by atoms with Gasteiger partial charge in [-0.2, -0.15) is 0 Å². The summed E-state index contributed by atoms with van der Waals surface area (Å²) in [5.74, 6) is 0.839. The molecule has 1 aromatic heterocycles. The maximum Gasteiger partial charge on any atom is 0.276 e. The van der Waals surface area contributed by atoms with E-state index in [1.807, 2.05) is 21.8 Å². The smallest absolute Gasteiger partial charge is 0.276 e. The van der Waals surface area contributed by atoms with Gasteiger partial charge in [-0.05, 0) is 68.2 Å². The number of carbonyl (C=O) groups excluding carboxylic acids is 1. The molecular weight excluding hydrogens is 394 g/mol. The maximum atomic E-state index is 13.1. The molecule has 1 spiro atoms. The molecule has 1 saturated heterocycles. The molecule has 0 atom stereocenters. The zero-order valence-corrected chi connectivity index (χ0v) is 18.1. The number of hydrogen-bond acceptors (Lipinski definition) is 6. The first-order valence-electron chi connectivity index (χ1n) is 11.4. The molecule has 166 valence electrons. The van der Waals surface area contributed by atoms with E-state index < -0.39 is 0 Å². The highest BCUT2D eigenvalue weighted by Gasteiger charge is 2.42. The van der Waals surface area contributed by atoms with Gasteiger partial charge in [0.2, 0.25) is 0 Å². The van der Waals surface area contributed by atoms with Crippen molar-refractivity contribution < 1.29 is 14.3 Å². The number of aromatic nitrogens is 3. The fourth-order valence-electron chi connectivity index (χ4n) is 5.35. The van der Waals surface area contributed by atoms with Crippen molar-refractivity contribution in [1.82, 2.24) is 19.9 Å². The molecule has 8 heteroatoms. The Balaban J connectivity index is 1.26. The van der Waals surface area contributed by atoms with E-state index in [-0.39, 0.29) is 17.6 Å². The largest absolute Gasteiger partial charge is 0.497 e. The Labute approximate surface area is 182 Å². The van der Waals surface area contributed by atoms with Gasteiger partial charge in [-0.3, -0.25) is 4.79 Å². The molecule has 3 heterocycles. The predicted octanol–water partition coefficient (Wildman–Crippen LogP) is 2.43. The van der Waals surface area contributed by atoms with Crippen LogP contribution in [-0.2, 0) is 16.8 Å². The molecule has 5 rings (SSSR count). The molecule has 2 aliphatic heterocycles. The Morgan fingerprint density at radius 3 is 2.74 bits per heavy atom. The topological polar surface area (TPSA) is 95.5 Å². The van der Waals surface area contributed by atoms with E-state index in [1.165, 1.54) is 11.1 Å². The molecule has 0 unspecified atom stereocenters. The van der Waals surface area contributed by atoms with Crippen LogP contribution < -0.4 is 10.5 Å². The first-order chi connectivity index (χ1) is 15.1. The van der Waals surface area contributed by atoms with Gasteiger partial charge < -0.3 is 20.1 Å². The van der Waals surface area contributed by atoms with Crippen molar-refractivity contribution in [3.8, 4) is 5.75 Å². The first-order valence-corrected chi connectivity index (χ1v) is 11.4. The Kier molecular flexibility index (Phi) is 5.44. The molecule has 1 aromatic carbocycles. The number of likely N-dealkylation sites (tertiary alicyclic amines) is 1. The maximum absolute atomic E-state index is 13.1. The summed E-state index contributed by atoms with van der Waals surface area (Å²) in [6.45, 7) is 2.00. The van der Waals surface area contributed by atoms with E-state index >= 15 is 0 Å². The van der Waals surface area contributed by atoms with E-state index in [9.17, 15) is 4.79 Å². The van der Waals surface area contributed by atoms with Gasteiger partial charge in [0.05, 0.1) is 31.6 Å². The summed E-state index contributed by atoms with van der Waals surface area (Å²) in [4.78, 5) is 15.0. The number of carbonyl (C=O) groups is 1. The summed E-state index contributed by atoms with van der Waals surface area (Å²) in [7, 11) is 1.69. The number of rotatable bonds is 3. The lowest BCUT2D eigenvalue weighted by Crippen LogP contribution is -2.48. The third-order valence-corrected chi connectivity index (χ3v) is 7.26. The highest BCUT2D eigenvalue weighted by Crippen LogP contribution is 2.42. The van der Waals surface area contributed by atoms with Crippen LogP contribution in [0.2, 0.25) is 0 Å². The van der Waals surface area contributed by atoms with Crippen molar-refractivity contribution in [2.75, 3.05) is 26.8 Å². The lowest BCUT2D eigenvalue weighted by atomic mass is 9.79. The average molecular weight is 426 g/mol. The summed E-state index contributed by atoms with van der Waals surface area (Å²) in [6.07, 6.45) is 8.25. The summed E-state index contributed by atoms with van der Waals surface area (Å²) >= 11 is 0. The number of benzene rings is 1. The fourth-order valence-corrected chi connectivity index (χ4v) is 5.35. The highest BCUT2D eigenvalue weighted by atomic mass is 16.5. The molecule has 0 radical (unpaired) electrons. The number of fused-ring (bicyclic) bond motifs is 2. The molecule has 31 heavy (non-hydrogen) atoms. The number of ether oxygens (including phenoxy) is 2. The molecule has 2 N–H and O–H groups in total. The zero-order valence-electron chi connectivity index (χ0n) is 18.1. The van der Waals surface area contributed by atoms with Gasteiger partial charge in [0.25, 0.3) is 5.91 Å². The summed E-state index contributed by atoms with van der Waals surface area (Å²) in [6, 6.07) is 6.83. The van der Waals surface area contributed by atoms with Crippen molar-refractivity contribution in [3.63, 3.8) is 0 Å². The van der Waals surface area contributed by atoms with E-state index in [2.05, 4.69) is 22.4 Å².